The highest BCUT2D eigenvalue weighted by molar-refractivity contribution is 5.85. The second-order valence-electron chi connectivity index (χ2n) is 8.36. The molecule has 3 heteroatoms. The minimum Gasteiger partial charge on any atom is -0.369 e. The number of benzene rings is 1. The minimum atomic E-state index is 0. The summed E-state index contributed by atoms with van der Waals surface area (Å²) in [5.74, 6) is 2.51. The van der Waals surface area contributed by atoms with Crippen LogP contribution in [0, 0.1) is 11.8 Å². The van der Waals surface area contributed by atoms with E-state index in [1.807, 2.05) is 0 Å². The van der Waals surface area contributed by atoms with Crippen molar-refractivity contribution in [3.63, 3.8) is 0 Å². The van der Waals surface area contributed by atoms with Crippen molar-refractivity contribution in [2.24, 2.45) is 11.8 Å². The van der Waals surface area contributed by atoms with Crippen LogP contribution in [0.4, 0.5) is 5.69 Å². The second kappa shape index (κ2) is 9.83. The fourth-order valence-corrected chi connectivity index (χ4v) is 4.92. The van der Waals surface area contributed by atoms with Crippen LogP contribution in [0.5, 0.6) is 0 Å². The van der Waals surface area contributed by atoms with Gasteiger partial charge in [-0.25, -0.2) is 0 Å². The molecule has 3 rings (SSSR count). The molecule has 0 radical (unpaired) electrons. The number of unbranched alkanes of at least 4 members (excludes halogenated alkanes) is 1. The quantitative estimate of drug-likeness (QED) is 0.673. The maximum atomic E-state index is 2.65. The van der Waals surface area contributed by atoms with Crippen LogP contribution in [0.15, 0.2) is 24.3 Å². The van der Waals surface area contributed by atoms with E-state index in [1.165, 1.54) is 70.5 Å². The summed E-state index contributed by atoms with van der Waals surface area (Å²) < 4.78 is 0. The van der Waals surface area contributed by atoms with E-state index in [2.05, 4.69) is 54.8 Å². The zero-order valence-electron chi connectivity index (χ0n) is 16.4. The van der Waals surface area contributed by atoms with Gasteiger partial charge in [0.05, 0.1) is 0 Å². The van der Waals surface area contributed by atoms with Crippen LogP contribution >= 0.6 is 12.4 Å². The molecule has 0 amide bonds. The molecule has 2 atom stereocenters. The maximum absolute atomic E-state index is 2.65. The zero-order chi connectivity index (χ0) is 16.9. The van der Waals surface area contributed by atoms with Gasteiger partial charge in [0.15, 0.2) is 0 Å². The molecule has 1 aromatic rings. The van der Waals surface area contributed by atoms with Crippen molar-refractivity contribution in [1.29, 1.82) is 0 Å². The topological polar surface area (TPSA) is 6.48 Å². The predicted molar refractivity (Wildman–Crippen MR) is 112 cm³/mol. The number of halogens is 1. The average Bonchev–Trinajstić information content (AvgIpc) is 2.59. The lowest BCUT2D eigenvalue weighted by Gasteiger charge is -2.39. The lowest BCUT2D eigenvalue weighted by Crippen LogP contribution is -2.47. The summed E-state index contributed by atoms with van der Waals surface area (Å²) in [6, 6.07) is 9.27. The Labute approximate surface area is 161 Å². The van der Waals surface area contributed by atoms with Gasteiger partial charge in [-0.1, -0.05) is 45.4 Å². The molecule has 0 aromatic heterocycles. The summed E-state index contributed by atoms with van der Waals surface area (Å²) in [5, 5.41) is 0. The first kappa shape index (κ1) is 20.6. The normalized spacial score (nSPS) is 27.8. The molecule has 2 nitrogen and oxygen atoms in total. The Morgan fingerprint density at radius 2 is 1.56 bits per heavy atom. The van der Waals surface area contributed by atoms with Gasteiger partial charge in [-0.2, -0.15) is 0 Å². The van der Waals surface area contributed by atoms with E-state index in [0.29, 0.717) is 0 Å². The van der Waals surface area contributed by atoms with Gasteiger partial charge in [-0.05, 0) is 61.6 Å². The van der Waals surface area contributed by atoms with Gasteiger partial charge in [0, 0.05) is 31.9 Å². The molecule has 1 saturated heterocycles. The average molecular weight is 365 g/mol. The number of rotatable bonds is 5. The Kier molecular flexibility index (Phi) is 8.09. The van der Waals surface area contributed by atoms with Gasteiger partial charge >= 0.3 is 0 Å². The highest BCUT2D eigenvalue weighted by Crippen LogP contribution is 2.42. The molecule has 142 valence electrons. The lowest BCUT2D eigenvalue weighted by molar-refractivity contribution is 0.252. The number of anilines is 1. The van der Waals surface area contributed by atoms with Gasteiger partial charge in [0.1, 0.15) is 0 Å². The van der Waals surface area contributed by atoms with Crippen molar-refractivity contribution in [3.05, 3.63) is 29.8 Å². The fraction of sp³-hybridized carbons (Fsp3) is 0.727. The molecular formula is C22H37ClN2. The van der Waals surface area contributed by atoms with E-state index < -0.39 is 0 Å². The van der Waals surface area contributed by atoms with Crippen LogP contribution in [0.1, 0.15) is 64.4 Å². The Hall–Kier alpha value is -0.730. The first-order valence-corrected chi connectivity index (χ1v) is 10.2. The van der Waals surface area contributed by atoms with Crippen LogP contribution in [0.25, 0.3) is 0 Å². The van der Waals surface area contributed by atoms with E-state index >= 15 is 0 Å². The summed E-state index contributed by atoms with van der Waals surface area (Å²) in [6.07, 6.45) is 6.81. The summed E-state index contributed by atoms with van der Waals surface area (Å²) in [7, 11) is 0. The summed E-state index contributed by atoms with van der Waals surface area (Å²) in [4.78, 5) is 5.30. The number of piperazine rings is 1. The van der Waals surface area contributed by atoms with Crippen molar-refractivity contribution in [3.8, 4) is 0 Å². The number of hydrogen-bond donors (Lipinski definition) is 0. The van der Waals surface area contributed by atoms with E-state index in [1.54, 1.807) is 5.56 Å². The number of nitrogens with zero attached hydrogens (tertiary/aromatic N) is 2. The van der Waals surface area contributed by atoms with Crippen molar-refractivity contribution >= 4 is 18.1 Å². The largest absolute Gasteiger partial charge is 0.369 e. The molecule has 1 saturated carbocycles. The molecule has 25 heavy (non-hydrogen) atoms. The van der Waals surface area contributed by atoms with E-state index in [4.69, 9.17) is 0 Å². The molecule has 0 spiro atoms. The monoisotopic (exact) mass is 364 g/mol. The molecule has 2 unspecified atom stereocenters. The van der Waals surface area contributed by atoms with Crippen LogP contribution in [0.2, 0.25) is 0 Å². The molecule has 1 aliphatic carbocycles. The zero-order valence-corrected chi connectivity index (χ0v) is 17.2. The Morgan fingerprint density at radius 3 is 2.20 bits per heavy atom. The first-order valence-electron chi connectivity index (χ1n) is 10.2. The minimum absolute atomic E-state index is 0. The van der Waals surface area contributed by atoms with Crippen molar-refractivity contribution in [2.75, 3.05) is 37.6 Å². The van der Waals surface area contributed by atoms with Crippen LogP contribution < -0.4 is 4.90 Å². The second-order valence-corrected chi connectivity index (χ2v) is 8.36. The molecule has 0 N–H and O–H groups in total. The Balaban J connectivity index is 0.00000225. The van der Waals surface area contributed by atoms with Gasteiger partial charge in [0.25, 0.3) is 0 Å². The Bertz CT molecular complexity index is 501. The molecule has 1 aliphatic heterocycles. The van der Waals surface area contributed by atoms with Crippen molar-refractivity contribution < 1.29 is 0 Å². The maximum Gasteiger partial charge on any atom is 0.0402 e. The fourth-order valence-electron chi connectivity index (χ4n) is 4.92. The van der Waals surface area contributed by atoms with E-state index in [-0.39, 0.29) is 12.4 Å². The molecule has 0 bridgehead atoms. The third-order valence-electron chi connectivity index (χ3n) is 6.10. The lowest BCUT2D eigenvalue weighted by atomic mass is 9.73. The molecular weight excluding hydrogens is 328 g/mol. The van der Waals surface area contributed by atoms with E-state index in [0.717, 1.165) is 17.8 Å². The van der Waals surface area contributed by atoms with Gasteiger partial charge < -0.3 is 4.90 Å². The van der Waals surface area contributed by atoms with Gasteiger partial charge in [0.2, 0.25) is 0 Å². The molecule has 2 aliphatic rings. The van der Waals surface area contributed by atoms with Gasteiger partial charge in [-0.3, -0.25) is 4.90 Å². The molecule has 2 fully saturated rings. The van der Waals surface area contributed by atoms with Crippen LogP contribution in [-0.2, 0) is 0 Å². The smallest absolute Gasteiger partial charge is 0.0402 e. The summed E-state index contributed by atoms with van der Waals surface area (Å²) in [6.45, 7) is 13.3. The van der Waals surface area contributed by atoms with Crippen LogP contribution in [-0.4, -0.2) is 37.6 Å². The van der Waals surface area contributed by atoms with Crippen LogP contribution in [0.3, 0.4) is 0 Å². The summed E-state index contributed by atoms with van der Waals surface area (Å²) in [5.41, 5.74) is 3.15. The van der Waals surface area contributed by atoms with Crippen molar-refractivity contribution in [2.45, 2.75) is 58.8 Å². The summed E-state index contributed by atoms with van der Waals surface area (Å²) >= 11 is 0. The predicted octanol–water partition coefficient (Wildman–Crippen LogP) is 5.57. The third kappa shape index (κ3) is 5.37. The van der Waals surface area contributed by atoms with Gasteiger partial charge in [-0.15, -0.1) is 12.4 Å². The Morgan fingerprint density at radius 1 is 0.920 bits per heavy atom. The van der Waals surface area contributed by atoms with Crippen molar-refractivity contribution in [1.82, 2.24) is 4.90 Å². The third-order valence-corrected chi connectivity index (χ3v) is 6.10. The first-order chi connectivity index (χ1) is 11.7. The highest BCUT2D eigenvalue weighted by Gasteiger charge is 2.28. The number of para-hydroxylation sites is 1. The molecule has 1 aromatic carbocycles. The van der Waals surface area contributed by atoms with E-state index in [9.17, 15) is 0 Å². The SMILES string of the molecule is CCCCN1CCN(c2ccccc2C2CC(C)CC(C)C2)CC1.Cl. The number of hydrogen-bond acceptors (Lipinski definition) is 2. The highest BCUT2D eigenvalue weighted by atomic mass is 35.5. The standard InChI is InChI=1S/C22H36N2.ClH/c1-4-5-10-23-11-13-24(14-12-23)22-9-7-6-8-21(22)20-16-18(2)15-19(3)17-20;/h6-9,18-20H,4-5,10-17H2,1-3H3;1H. The molecule has 1 heterocycles.